The van der Waals surface area contributed by atoms with Crippen LogP contribution in [0.15, 0.2) is 22.5 Å². The van der Waals surface area contributed by atoms with Gasteiger partial charge in [0.25, 0.3) is 0 Å². The molecule has 1 aromatic rings. The summed E-state index contributed by atoms with van der Waals surface area (Å²) in [4.78, 5) is 8.22. The Labute approximate surface area is 143 Å². The molecule has 0 aliphatic carbocycles. The molecule has 0 radical (unpaired) electrons. The standard InChI is InChI=1S/C15H25N3S.HI/c1-14(2)11-18(15(14,3)4)13(16-5)17-9-8-12-7-6-10-19-12;/h6-7,10H,8-9,11H2,1-5H3,(H,16,17);1H. The van der Waals surface area contributed by atoms with Crippen molar-refractivity contribution in [2.24, 2.45) is 10.4 Å². The van der Waals surface area contributed by atoms with Crippen LogP contribution in [0.2, 0.25) is 0 Å². The molecule has 5 heteroatoms. The van der Waals surface area contributed by atoms with E-state index in [0.717, 1.165) is 25.5 Å². The molecular weight excluding hydrogens is 381 g/mol. The number of rotatable bonds is 3. The monoisotopic (exact) mass is 407 g/mol. The normalized spacial score (nSPS) is 20.1. The molecule has 1 N–H and O–H groups in total. The maximum Gasteiger partial charge on any atom is 0.194 e. The van der Waals surface area contributed by atoms with E-state index in [4.69, 9.17) is 0 Å². The van der Waals surface area contributed by atoms with E-state index < -0.39 is 0 Å². The molecule has 1 aliphatic heterocycles. The maximum absolute atomic E-state index is 4.42. The van der Waals surface area contributed by atoms with Crippen molar-refractivity contribution in [1.82, 2.24) is 10.2 Å². The van der Waals surface area contributed by atoms with Crippen LogP contribution in [0.3, 0.4) is 0 Å². The van der Waals surface area contributed by atoms with Crippen molar-refractivity contribution in [2.75, 3.05) is 20.1 Å². The molecule has 0 unspecified atom stereocenters. The van der Waals surface area contributed by atoms with Crippen LogP contribution >= 0.6 is 35.3 Å². The average molecular weight is 407 g/mol. The van der Waals surface area contributed by atoms with Gasteiger partial charge in [0.1, 0.15) is 0 Å². The van der Waals surface area contributed by atoms with Gasteiger partial charge in [0.15, 0.2) is 5.96 Å². The Kier molecular flexibility index (Phi) is 5.89. The lowest BCUT2D eigenvalue weighted by atomic mass is 9.65. The fraction of sp³-hybridized carbons (Fsp3) is 0.667. The Hall–Kier alpha value is -0.300. The molecule has 0 amide bonds. The molecule has 1 aromatic heterocycles. The number of hydrogen-bond donors (Lipinski definition) is 1. The summed E-state index contributed by atoms with van der Waals surface area (Å²) in [5.74, 6) is 1.03. The Bertz CT molecular complexity index is 452. The molecule has 2 rings (SSSR count). The highest BCUT2D eigenvalue weighted by Crippen LogP contribution is 2.46. The van der Waals surface area contributed by atoms with E-state index in [1.54, 1.807) is 0 Å². The van der Waals surface area contributed by atoms with Gasteiger partial charge < -0.3 is 10.2 Å². The number of aliphatic imine (C=N–C) groups is 1. The molecular formula is C15H26IN3S. The van der Waals surface area contributed by atoms with Gasteiger partial charge in [0, 0.05) is 36.0 Å². The quantitative estimate of drug-likeness (QED) is 0.471. The van der Waals surface area contributed by atoms with Crippen LogP contribution in [0.5, 0.6) is 0 Å². The van der Waals surface area contributed by atoms with E-state index in [1.165, 1.54) is 4.88 Å². The number of thiophene rings is 1. The lowest BCUT2D eigenvalue weighted by Crippen LogP contribution is -2.72. The van der Waals surface area contributed by atoms with E-state index in [1.807, 2.05) is 18.4 Å². The highest BCUT2D eigenvalue weighted by Gasteiger charge is 2.53. The van der Waals surface area contributed by atoms with Gasteiger partial charge in [0.2, 0.25) is 0 Å². The molecule has 1 saturated heterocycles. The zero-order chi connectivity index (χ0) is 14.1. The van der Waals surface area contributed by atoms with Crippen molar-refractivity contribution in [1.29, 1.82) is 0 Å². The lowest BCUT2D eigenvalue weighted by molar-refractivity contribution is -0.0666. The van der Waals surface area contributed by atoms with Crippen LogP contribution < -0.4 is 5.32 Å². The Balaban J connectivity index is 0.00000200. The molecule has 2 heterocycles. The molecule has 0 atom stereocenters. The van der Waals surface area contributed by atoms with Crippen LogP contribution in [0.25, 0.3) is 0 Å². The number of halogens is 1. The first-order valence-electron chi connectivity index (χ1n) is 6.89. The van der Waals surface area contributed by atoms with E-state index >= 15 is 0 Å². The van der Waals surface area contributed by atoms with Crippen molar-refractivity contribution >= 4 is 41.3 Å². The third-order valence-electron chi connectivity index (χ3n) is 4.59. The smallest absolute Gasteiger partial charge is 0.194 e. The number of nitrogens with one attached hydrogen (secondary N) is 1. The second-order valence-electron chi connectivity index (χ2n) is 6.33. The number of likely N-dealkylation sites (tertiary alicyclic amines) is 1. The Morgan fingerprint density at radius 2 is 2.10 bits per heavy atom. The predicted octanol–water partition coefficient (Wildman–Crippen LogP) is 3.60. The predicted molar refractivity (Wildman–Crippen MR) is 99.4 cm³/mol. The highest BCUT2D eigenvalue weighted by atomic mass is 127. The van der Waals surface area contributed by atoms with Gasteiger partial charge in [0.05, 0.1) is 0 Å². The van der Waals surface area contributed by atoms with Gasteiger partial charge in [-0.25, -0.2) is 0 Å². The van der Waals surface area contributed by atoms with Gasteiger partial charge in [-0.3, -0.25) is 4.99 Å². The average Bonchev–Trinajstić information content (AvgIpc) is 2.85. The van der Waals surface area contributed by atoms with Gasteiger partial charge in [-0.15, -0.1) is 35.3 Å². The fourth-order valence-corrected chi connectivity index (χ4v) is 3.16. The summed E-state index contributed by atoms with van der Waals surface area (Å²) in [6.07, 6.45) is 1.06. The first kappa shape index (κ1) is 17.8. The largest absolute Gasteiger partial charge is 0.356 e. The van der Waals surface area contributed by atoms with Crippen LogP contribution in [-0.2, 0) is 6.42 Å². The molecule has 0 saturated carbocycles. The highest BCUT2D eigenvalue weighted by molar-refractivity contribution is 14.0. The summed E-state index contributed by atoms with van der Waals surface area (Å²) < 4.78 is 0. The topological polar surface area (TPSA) is 27.6 Å². The Morgan fingerprint density at radius 3 is 2.55 bits per heavy atom. The SMILES string of the molecule is CN=C(NCCc1cccs1)N1CC(C)(C)C1(C)C.I. The minimum atomic E-state index is 0. The molecule has 0 spiro atoms. The van der Waals surface area contributed by atoms with Gasteiger partial charge in [-0.1, -0.05) is 19.9 Å². The molecule has 20 heavy (non-hydrogen) atoms. The second-order valence-corrected chi connectivity index (χ2v) is 7.36. The zero-order valence-electron chi connectivity index (χ0n) is 13.1. The zero-order valence-corrected chi connectivity index (χ0v) is 16.2. The summed E-state index contributed by atoms with van der Waals surface area (Å²) in [6, 6.07) is 4.29. The lowest BCUT2D eigenvalue weighted by Gasteiger charge is -2.62. The molecule has 1 fully saturated rings. The third-order valence-corrected chi connectivity index (χ3v) is 5.52. The molecule has 1 aliphatic rings. The van der Waals surface area contributed by atoms with Crippen LogP contribution in [-0.4, -0.2) is 36.5 Å². The van der Waals surface area contributed by atoms with E-state index in [9.17, 15) is 0 Å². The van der Waals surface area contributed by atoms with Crippen molar-refractivity contribution in [3.63, 3.8) is 0 Å². The van der Waals surface area contributed by atoms with Gasteiger partial charge >= 0.3 is 0 Å². The van der Waals surface area contributed by atoms with E-state index in [0.29, 0.717) is 5.41 Å². The summed E-state index contributed by atoms with van der Waals surface area (Å²) in [5.41, 5.74) is 0.510. The van der Waals surface area contributed by atoms with E-state index in [2.05, 4.69) is 60.4 Å². The summed E-state index contributed by atoms with van der Waals surface area (Å²) in [7, 11) is 1.87. The fourth-order valence-electron chi connectivity index (χ4n) is 2.45. The van der Waals surface area contributed by atoms with Crippen LogP contribution in [0.4, 0.5) is 0 Å². The minimum absolute atomic E-state index is 0. The first-order valence-corrected chi connectivity index (χ1v) is 7.77. The third kappa shape index (κ3) is 3.30. The first-order chi connectivity index (χ1) is 8.88. The second kappa shape index (κ2) is 6.64. The molecule has 3 nitrogen and oxygen atoms in total. The number of hydrogen-bond acceptors (Lipinski definition) is 2. The van der Waals surface area contributed by atoms with Gasteiger partial charge in [-0.2, -0.15) is 0 Å². The number of guanidine groups is 1. The summed E-state index contributed by atoms with van der Waals surface area (Å²) in [6.45, 7) is 11.2. The van der Waals surface area contributed by atoms with Gasteiger partial charge in [-0.05, 0) is 31.7 Å². The van der Waals surface area contributed by atoms with Crippen LogP contribution in [0.1, 0.15) is 32.6 Å². The van der Waals surface area contributed by atoms with E-state index in [-0.39, 0.29) is 29.5 Å². The summed E-state index contributed by atoms with van der Waals surface area (Å²) >= 11 is 1.82. The van der Waals surface area contributed by atoms with Crippen molar-refractivity contribution < 1.29 is 0 Å². The van der Waals surface area contributed by atoms with Crippen molar-refractivity contribution in [2.45, 2.75) is 39.7 Å². The summed E-state index contributed by atoms with van der Waals surface area (Å²) in [5, 5.41) is 5.62. The minimum Gasteiger partial charge on any atom is -0.356 e. The van der Waals surface area contributed by atoms with Crippen LogP contribution in [0, 0.1) is 5.41 Å². The van der Waals surface area contributed by atoms with Crippen molar-refractivity contribution in [3.05, 3.63) is 22.4 Å². The van der Waals surface area contributed by atoms with Crippen molar-refractivity contribution in [3.8, 4) is 0 Å². The number of nitrogens with zero attached hydrogens (tertiary/aromatic N) is 2. The Morgan fingerprint density at radius 1 is 1.40 bits per heavy atom. The molecule has 114 valence electrons. The maximum atomic E-state index is 4.42. The molecule has 0 aromatic carbocycles. The molecule has 0 bridgehead atoms.